The number of nitrogen functional groups attached to an aromatic ring is 1. The zero-order chi connectivity index (χ0) is 13.4. The van der Waals surface area contributed by atoms with Gasteiger partial charge in [-0.3, -0.25) is 4.79 Å². The van der Waals surface area contributed by atoms with Crippen molar-refractivity contribution in [1.82, 2.24) is 0 Å². The molecule has 2 aromatic carbocycles. The van der Waals surface area contributed by atoms with E-state index < -0.39 is 0 Å². The zero-order valence-electron chi connectivity index (χ0n) is 10.3. The third-order valence-electron chi connectivity index (χ3n) is 3.34. The lowest BCUT2D eigenvalue weighted by Gasteiger charge is -2.19. The van der Waals surface area contributed by atoms with Gasteiger partial charge in [0, 0.05) is 15.7 Å². The molecule has 0 aromatic heterocycles. The maximum atomic E-state index is 12.6. The number of fused-ring (bicyclic) bond motifs is 1. The highest BCUT2D eigenvalue weighted by atomic mass is 127. The Morgan fingerprint density at radius 3 is 2.79 bits per heavy atom. The summed E-state index contributed by atoms with van der Waals surface area (Å²) in [6.07, 6.45) is 0.871. The monoisotopic (exact) mass is 364 g/mol. The van der Waals surface area contributed by atoms with Crippen LogP contribution in [0.5, 0.6) is 0 Å². The molecule has 19 heavy (non-hydrogen) atoms. The molecule has 96 valence electrons. The van der Waals surface area contributed by atoms with Gasteiger partial charge in [-0.1, -0.05) is 18.2 Å². The molecular weight excluding hydrogens is 351 g/mol. The molecule has 2 aromatic rings. The van der Waals surface area contributed by atoms with E-state index >= 15 is 0 Å². The lowest BCUT2D eigenvalue weighted by Crippen LogP contribution is -2.29. The van der Waals surface area contributed by atoms with Crippen LogP contribution in [-0.2, 0) is 6.42 Å². The molecule has 0 aliphatic carbocycles. The van der Waals surface area contributed by atoms with Crippen molar-refractivity contribution in [3.63, 3.8) is 0 Å². The molecule has 0 fully saturated rings. The maximum absolute atomic E-state index is 12.6. The number of benzene rings is 2. The molecule has 1 amide bonds. The van der Waals surface area contributed by atoms with Gasteiger partial charge in [0.2, 0.25) is 0 Å². The molecule has 0 unspecified atom stereocenters. The summed E-state index contributed by atoms with van der Waals surface area (Å²) in [6.45, 7) is 0.702. The van der Waals surface area contributed by atoms with Gasteiger partial charge in [-0.05, 0) is 58.8 Å². The number of nitrogens with two attached hydrogens (primary N) is 1. The first kappa shape index (κ1) is 12.5. The smallest absolute Gasteiger partial charge is 0.258 e. The number of amides is 1. The van der Waals surface area contributed by atoms with E-state index in [1.165, 1.54) is 0 Å². The second-order valence-corrected chi connectivity index (χ2v) is 5.82. The SMILES string of the molecule is Nc1cccc2c1N(C(=O)c1cccc(I)c1)CC2. The van der Waals surface area contributed by atoms with Crippen LogP contribution in [0, 0.1) is 3.57 Å². The van der Waals surface area contributed by atoms with E-state index in [2.05, 4.69) is 22.6 Å². The largest absolute Gasteiger partial charge is 0.397 e. The number of rotatable bonds is 1. The Morgan fingerprint density at radius 2 is 2.00 bits per heavy atom. The maximum Gasteiger partial charge on any atom is 0.258 e. The molecule has 0 spiro atoms. The second kappa shape index (κ2) is 4.85. The van der Waals surface area contributed by atoms with Crippen LogP contribution in [0.1, 0.15) is 15.9 Å². The van der Waals surface area contributed by atoms with Gasteiger partial charge in [0.1, 0.15) is 0 Å². The Morgan fingerprint density at radius 1 is 1.21 bits per heavy atom. The summed E-state index contributed by atoms with van der Waals surface area (Å²) < 4.78 is 1.06. The number of hydrogen-bond acceptors (Lipinski definition) is 2. The molecule has 1 aliphatic rings. The van der Waals surface area contributed by atoms with Crippen molar-refractivity contribution in [2.24, 2.45) is 0 Å². The number of para-hydroxylation sites is 1. The van der Waals surface area contributed by atoms with Crippen LogP contribution >= 0.6 is 22.6 Å². The normalized spacial score (nSPS) is 13.4. The number of nitrogens with zero attached hydrogens (tertiary/aromatic N) is 1. The van der Waals surface area contributed by atoms with E-state index in [-0.39, 0.29) is 5.91 Å². The molecule has 0 saturated heterocycles. The fourth-order valence-corrected chi connectivity index (χ4v) is 3.01. The first-order valence-electron chi connectivity index (χ1n) is 6.11. The third kappa shape index (κ3) is 2.20. The van der Waals surface area contributed by atoms with E-state index in [9.17, 15) is 4.79 Å². The predicted octanol–water partition coefficient (Wildman–Crippen LogP) is 3.08. The zero-order valence-corrected chi connectivity index (χ0v) is 12.4. The van der Waals surface area contributed by atoms with Crippen molar-refractivity contribution in [3.05, 3.63) is 57.2 Å². The van der Waals surface area contributed by atoms with Gasteiger partial charge in [-0.25, -0.2) is 0 Å². The summed E-state index contributed by atoms with van der Waals surface area (Å²) in [5.74, 6) is 0.0233. The van der Waals surface area contributed by atoms with Crippen LogP contribution in [0.4, 0.5) is 11.4 Å². The molecule has 0 atom stereocenters. The molecule has 3 nitrogen and oxygen atoms in total. The van der Waals surface area contributed by atoms with E-state index in [0.29, 0.717) is 17.8 Å². The first-order valence-corrected chi connectivity index (χ1v) is 7.19. The average molecular weight is 364 g/mol. The van der Waals surface area contributed by atoms with Crippen molar-refractivity contribution in [1.29, 1.82) is 0 Å². The van der Waals surface area contributed by atoms with Crippen molar-refractivity contribution in [2.45, 2.75) is 6.42 Å². The number of halogens is 1. The summed E-state index contributed by atoms with van der Waals surface area (Å²) in [5.41, 5.74) is 9.43. The standard InChI is InChI=1S/C15H13IN2O/c16-12-5-1-4-11(9-12)15(19)18-8-7-10-3-2-6-13(17)14(10)18/h1-6,9H,7-8,17H2. The van der Waals surface area contributed by atoms with Crippen molar-refractivity contribution < 1.29 is 4.79 Å². The number of hydrogen-bond donors (Lipinski definition) is 1. The minimum atomic E-state index is 0.0233. The average Bonchev–Trinajstić information content (AvgIpc) is 2.83. The van der Waals surface area contributed by atoms with E-state index in [1.54, 1.807) is 4.90 Å². The van der Waals surface area contributed by atoms with E-state index in [0.717, 1.165) is 21.2 Å². The van der Waals surface area contributed by atoms with Crippen LogP contribution in [0.3, 0.4) is 0 Å². The summed E-state index contributed by atoms with van der Waals surface area (Å²) in [6, 6.07) is 13.5. The minimum Gasteiger partial charge on any atom is -0.397 e. The lowest BCUT2D eigenvalue weighted by atomic mass is 10.1. The third-order valence-corrected chi connectivity index (χ3v) is 4.01. The van der Waals surface area contributed by atoms with Crippen LogP contribution in [-0.4, -0.2) is 12.5 Å². The molecule has 0 saturated carbocycles. The molecular formula is C15H13IN2O. The topological polar surface area (TPSA) is 46.3 Å². The van der Waals surface area contributed by atoms with Gasteiger partial charge in [-0.2, -0.15) is 0 Å². The van der Waals surface area contributed by atoms with Crippen LogP contribution in [0.2, 0.25) is 0 Å². The van der Waals surface area contributed by atoms with Gasteiger partial charge in [0.15, 0.2) is 0 Å². The lowest BCUT2D eigenvalue weighted by molar-refractivity contribution is 0.0989. The summed E-state index contributed by atoms with van der Waals surface area (Å²) in [7, 11) is 0. The molecule has 3 rings (SSSR count). The molecule has 1 heterocycles. The van der Waals surface area contributed by atoms with Crippen LogP contribution in [0.25, 0.3) is 0 Å². The number of carbonyl (C=O) groups is 1. The summed E-state index contributed by atoms with van der Waals surface area (Å²) >= 11 is 2.21. The van der Waals surface area contributed by atoms with Gasteiger partial charge in [-0.15, -0.1) is 0 Å². The van der Waals surface area contributed by atoms with Gasteiger partial charge in [0.25, 0.3) is 5.91 Å². The molecule has 4 heteroatoms. The Balaban J connectivity index is 2.00. The highest BCUT2D eigenvalue weighted by Crippen LogP contribution is 2.34. The Hall–Kier alpha value is -1.56. The summed E-state index contributed by atoms with van der Waals surface area (Å²) in [4.78, 5) is 14.4. The minimum absolute atomic E-state index is 0.0233. The quantitative estimate of drug-likeness (QED) is 0.625. The highest BCUT2D eigenvalue weighted by Gasteiger charge is 2.27. The van der Waals surface area contributed by atoms with Gasteiger partial charge >= 0.3 is 0 Å². The Kier molecular flexibility index (Phi) is 3.18. The second-order valence-electron chi connectivity index (χ2n) is 4.57. The van der Waals surface area contributed by atoms with Crippen molar-refractivity contribution in [3.8, 4) is 0 Å². The first-order chi connectivity index (χ1) is 9.16. The van der Waals surface area contributed by atoms with E-state index in [4.69, 9.17) is 5.73 Å². The van der Waals surface area contributed by atoms with Crippen molar-refractivity contribution >= 4 is 39.9 Å². The summed E-state index contributed by atoms with van der Waals surface area (Å²) in [5, 5.41) is 0. The molecule has 2 N–H and O–H groups in total. The predicted molar refractivity (Wildman–Crippen MR) is 85.4 cm³/mol. The Bertz CT molecular complexity index is 654. The number of anilines is 2. The molecule has 0 bridgehead atoms. The van der Waals surface area contributed by atoms with Crippen LogP contribution in [0.15, 0.2) is 42.5 Å². The molecule has 0 radical (unpaired) electrons. The van der Waals surface area contributed by atoms with Gasteiger partial charge < -0.3 is 10.6 Å². The van der Waals surface area contributed by atoms with Crippen LogP contribution < -0.4 is 10.6 Å². The highest BCUT2D eigenvalue weighted by molar-refractivity contribution is 14.1. The molecule has 1 aliphatic heterocycles. The fraction of sp³-hybridized carbons (Fsp3) is 0.133. The van der Waals surface area contributed by atoms with Crippen molar-refractivity contribution in [2.75, 3.05) is 17.2 Å². The van der Waals surface area contributed by atoms with Gasteiger partial charge in [0.05, 0.1) is 11.4 Å². The van der Waals surface area contributed by atoms with E-state index in [1.807, 2.05) is 42.5 Å². The number of carbonyl (C=O) groups excluding carboxylic acids is 1. The fourth-order valence-electron chi connectivity index (χ4n) is 2.47. The Labute approximate surface area is 125 Å².